The van der Waals surface area contributed by atoms with E-state index < -0.39 is 35.3 Å². The summed E-state index contributed by atoms with van der Waals surface area (Å²) in [6, 6.07) is 4.40. The molecule has 1 unspecified atom stereocenters. The lowest BCUT2D eigenvalue weighted by Gasteiger charge is -2.15. The van der Waals surface area contributed by atoms with Crippen molar-refractivity contribution >= 4 is 11.3 Å². The molecular weight excluding hydrogens is 302 g/mol. The molecule has 0 radical (unpaired) electrons. The molecule has 114 valence electrons. The molecule has 0 spiro atoms. The van der Waals surface area contributed by atoms with E-state index in [1.165, 1.54) is 6.92 Å². The van der Waals surface area contributed by atoms with Crippen LogP contribution in [0.15, 0.2) is 24.4 Å². The van der Waals surface area contributed by atoms with Crippen molar-refractivity contribution in [3.05, 3.63) is 53.8 Å². The number of aromatic nitrogens is 4. The van der Waals surface area contributed by atoms with Crippen LogP contribution in [0.5, 0.6) is 0 Å². The number of rotatable bonds is 3. The van der Waals surface area contributed by atoms with E-state index in [1.807, 2.05) is 0 Å². The lowest BCUT2D eigenvalue weighted by molar-refractivity contribution is 0.409. The van der Waals surface area contributed by atoms with Crippen LogP contribution in [-0.4, -0.2) is 19.6 Å². The van der Waals surface area contributed by atoms with Gasteiger partial charge in [0.2, 0.25) is 11.6 Å². The van der Waals surface area contributed by atoms with E-state index in [1.54, 1.807) is 28.8 Å². The average Bonchev–Trinajstić information content (AvgIpc) is 2.93. The highest BCUT2D eigenvalue weighted by Gasteiger charge is 2.23. The molecule has 0 aliphatic heterocycles. The molecule has 0 fully saturated rings. The fourth-order valence-electron chi connectivity index (χ4n) is 2.05. The third-order valence-corrected chi connectivity index (χ3v) is 3.09. The monoisotopic (exact) mass is 311 g/mol. The van der Waals surface area contributed by atoms with E-state index in [-0.39, 0.29) is 0 Å². The fraction of sp³-hybridized carbons (Fsp3) is 0.154. The largest absolute Gasteiger partial charge is 0.370 e. The quantitative estimate of drug-likeness (QED) is 0.597. The van der Waals surface area contributed by atoms with E-state index in [2.05, 4.69) is 20.5 Å². The minimum absolute atomic E-state index is 0.326. The van der Waals surface area contributed by atoms with E-state index in [9.17, 15) is 17.6 Å². The van der Waals surface area contributed by atoms with Gasteiger partial charge in [0, 0.05) is 6.20 Å². The molecule has 0 saturated carbocycles. The summed E-state index contributed by atoms with van der Waals surface area (Å²) >= 11 is 0. The summed E-state index contributed by atoms with van der Waals surface area (Å²) < 4.78 is 55.0. The minimum Gasteiger partial charge on any atom is -0.370 e. The van der Waals surface area contributed by atoms with Crippen molar-refractivity contribution in [1.82, 2.24) is 19.6 Å². The molecule has 0 aliphatic carbocycles. The van der Waals surface area contributed by atoms with Gasteiger partial charge in [0.15, 0.2) is 11.5 Å². The average molecular weight is 311 g/mol. The summed E-state index contributed by atoms with van der Waals surface area (Å²) in [5.41, 5.74) is -0.413. The molecule has 1 atom stereocenters. The van der Waals surface area contributed by atoms with Gasteiger partial charge < -0.3 is 5.32 Å². The highest BCUT2D eigenvalue weighted by molar-refractivity contribution is 5.47. The molecule has 3 heterocycles. The maximum absolute atomic E-state index is 13.6. The first kappa shape index (κ1) is 14.2. The van der Waals surface area contributed by atoms with Gasteiger partial charge in [-0.2, -0.15) is 22.5 Å². The zero-order valence-electron chi connectivity index (χ0n) is 11.2. The predicted octanol–water partition coefficient (Wildman–Crippen LogP) is 2.85. The van der Waals surface area contributed by atoms with Gasteiger partial charge in [-0.15, -0.1) is 10.2 Å². The number of pyridine rings is 2. The summed E-state index contributed by atoms with van der Waals surface area (Å²) in [5, 5.41) is 10.1. The lowest BCUT2D eigenvalue weighted by atomic mass is 10.2. The standard InChI is InChI=1S/C13H9F4N5/c1-6(13-21-20-7-4-2-3-5-22(7)13)18-10-8(14)11(16)19-12(17)9(10)15/h2-6H,1H3,(H,18,19). The van der Waals surface area contributed by atoms with Crippen molar-refractivity contribution in [3.8, 4) is 0 Å². The Morgan fingerprint density at radius 1 is 1.05 bits per heavy atom. The van der Waals surface area contributed by atoms with Crippen molar-refractivity contribution in [2.45, 2.75) is 13.0 Å². The molecule has 3 rings (SSSR count). The predicted molar refractivity (Wildman–Crippen MR) is 69.1 cm³/mol. The Morgan fingerprint density at radius 3 is 2.41 bits per heavy atom. The van der Waals surface area contributed by atoms with E-state index in [0.717, 1.165) is 0 Å². The molecule has 1 N–H and O–H groups in total. The second-order valence-corrected chi connectivity index (χ2v) is 4.55. The van der Waals surface area contributed by atoms with Gasteiger partial charge in [-0.25, -0.2) is 0 Å². The Hall–Kier alpha value is -2.71. The molecule has 3 aromatic heterocycles. The first-order valence-corrected chi connectivity index (χ1v) is 6.25. The normalized spacial score (nSPS) is 12.6. The summed E-state index contributed by atoms with van der Waals surface area (Å²) in [6.07, 6.45) is 1.66. The van der Waals surface area contributed by atoms with E-state index >= 15 is 0 Å². The first-order chi connectivity index (χ1) is 10.5. The number of anilines is 1. The van der Waals surface area contributed by atoms with Crippen molar-refractivity contribution in [2.24, 2.45) is 0 Å². The molecule has 0 saturated heterocycles. The van der Waals surface area contributed by atoms with Crippen LogP contribution in [-0.2, 0) is 0 Å². The van der Waals surface area contributed by atoms with Gasteiger partial charge in [-0.3, -0.25) is 4.40 Å². The lowest BCUT2D eigenvalue weighted by Crippen LogP contribution is -2.15. The Kier molecular flexibility index (Phi) is 3.39. The number of nitrogens with one attached hydrogen (secondary N) is 1. The maximum atomic E-state index is 13.6. The second kappa shape index (κ2) is 5.24. The topological polar surface area (TPSA) is 55.1 Å². The summed E-state index contributed by atoms with van der Waals surface area (Å²) in [5.74, 6) is -6.31. The minimum atomic E-state index is -1.72. The molecular formula is C13H9F4N5. The molecule has 9 heteroatoms. The van der Waals surface area contributed by atoms with Gasteiger partial charge in [0.25, 0.3) is 11.9 Å². The second-order valence-electron chi connectivity index (χ2n) is 4.55. The van der Waals surface area contributed by atoms with Crippen molar-refractivity contribution in [1.29, 1.82) is 0 Å². The molecule has 0 amide bonds. The van der Waals surface area contributed by atoms with Crippen LogP contribution in [0.4, 0.5) is 23.2 Å². The van der Waals surface area contributed by atoms with Crippen LogP contribution >= 0.6 is 0 Å². The number of nitrogens with zero attached hydrogens (tertiary/aromatic N) is 4. The SMILES string of the molecule is CC(Nc1c(F)c(F)nc(F)c1F)c1nnc2ccccn12. The molecule has 0 aromatic carbocycles. The Bertz CT molecular complexity index is 822. The summed E-state index contributed by atoms with van der Waals surface area (Å²) in [6.45, 7) is 1.53. The molecule has 0 bridgehead atoms. The van der Waals surface area contributed by atoms with Crippen molar-refractivity contribution < 1.29 is 17.6 Å². The third kappa shape index (κ3) is 2.24. The molecule has 0 aliphatic rings. The zero-order chi connectivity index (χ0) is 15.9. The van der Waals surface area contributed by atoms with Crippen LogP contribution in [0.25, 0.3) is 5.65 Å². The zero-order valence-corrected chi connectivity index (χ0v) is 11.2. The Labute approximate surface area is 121 Å². The van der Waals surface area contributed by atoms with Gasteiger partial charge in [0.1, 0.15) is 5.69 Å². The van der Waals surface area contributed by atoms with Gasteiger partial charge >= 0.3 is 0 Å². The maximum Gasteiger partial charge on any atom is 0.253 e. The highest BCUT2D eigenvalue weighted by Crippen LogP contribution is 2.26. The third-order valence-electron chi connectivity index (χ3n) is 3.09. The van der Waals surface area contributed by atoms with Crippen LogP contribution in [0.1, 0.15) is 18.8 Å². The summed E-state index contributed by atoms with van der Waals surface area (Å²) in [4.78, 5) is 2.50. The number of hydrogen-bond donors (Lipinski definition) is 1. The van der Waals surface area contributed by atoms with Gasteiger partial charge in [0.05, 0.1) is 6.04 Å². The van der Waals surface area contributed by atoms with E-state index in [4.69, 9.17) is 0 Å². The van der Waals surface area contributed by atoms with Crippen LogP contribution in [0.2, 0.25) is 0 Å². The smallest absolute Gasteiger partial charge is 0.253 e. The number of fused-ring (bicyclic) bond motifs is 1. The number of halogens is 4. The Morgan fingerprint density at radius 2 is 1.73 bits per heavy atom. The van der Waals surface area contributed by atoms with Crippen LogP contribution in [0.3, 0.4) is 0 Å². The van der Waals surface area contributed by atoms with Crippen LogP contribution < -0.4 is 5.32 Å². The van der Waals surface area contributed by atoms with Gasteiger partial charge in [-0.05, 0) is 19.1 Å². The highest BCUT2D eigenvalue weighted by atomic mass is 19.2. The molecule has 5 nitrogen and oxygen atoms in total. The molecule has 22 heavy (non-hydrogen) atoms. The molecule has 3 aromatic rings. The van der Waals surface area contributed by atoms with Crippen LogP contribution in [0, 0.1) is 23.5 Å². The fourth-order valence-corrected chi connectivity index (χ4v) is 2.05. The summed E-state index contributed by atoms with van der Waals surface area (Å²) in [7, 11) is 0. The van der Waals surface area contributed by atoms with Gasteiger partial charge in [-0.1, -0.05) is 6.07 Å². The van der Waals surface area contributed by atoms with Crippen molar-refractivity contribution in [3.63, 3.8) is 0 Å². The Balaban J connectivity index is 2.00. The van der Waals surface area contributed by atoms with E-state index in [0.29, 0.717) is 11.5 Å². The number of hydrogen-bond acceptors (Lipinski definition) is 4. The van der Waals surface area contributed by atoms with Crippen molar-refractivity contribution in [2.75, 3.05) is 5.32 Å². The first-order valence-electron chi connectivity index (χ1n) is 6.25.